The molecule has 0 N–H and O–H groups in total. The molecular formula is C25H25NO4. The predicted octanol–water partition coefficient (Wildman–Crippen LogP) is 4.48. The average Bonchev–Trinajstić information content (AvgIpc) is 2.82. The Bertz CT molecular complexity index is 1020. The number of hydrogen-bond donors (Lipinski definition) is 0. The van der Waals surface area contributed by atoms with Gasteiger partial charge in [-0.1, -0.05) is 30.3 Å². The molecule has 0 aliphatic carbocycles. The van der Waals surface area contributed by atoms with Crippen molar-refractivity contribution >= 4 is 5.91 Å². The number of ether oxygens (including phenoxy) is 3. The maximum absolute atomic E-state index is 13.0. The van der Waals surface area contributed by atoms with Crippen LogP contribution in [0.5, 0.6) is 17.2 Å². The summed E-state index contributed by atoms with van der Waals surface area (Å²) in [6, 6.07) is 21.3. The summed E-state index contributed by atoms with van der Waals surface area (Å²) >= 11 is 0. The van der Waals surface area contributed by atoms with Gasteiger partial charge < -0.3 is 19.1 Å². The molecule has 154 valence electrons. The average molecular weight is 403 g/mol. The minimum absolute atomic E-state index is 0.0186. The van der Waals surface area contributed by atoms with Crippen LogP contribution in [-0.4, -0.2) is 31.6 Å². The first-order valence-electron chi connectivity index (χ1n) is 9.98. The van der Waals surface area contributed by atoms with E-state index in [2.05, 4.69) is 0 Å². The molecule has 1 aliphatic heterocycles. The molecule has 0 aromatic heterocycles. The molecule has 4 rings (SSSR count). The van der Waals surface area contributed by atoms with Crippen LogP contribution < -0.4 is 14.2 Å². The molecule has 3 aromatic carbocycles. The first-order valence-corrected chi connectivity index (χ1v) is 9.98. The third-order valence-corrected chi connectivity index (χ3v) is 5.35. The number of methoxy groups -OCH3 is 2. The standard InChI is InChI=1S/C25H25NO4/c1-28-23-14-20-12-13-26(16-21(20)15-24(23)29-2)25(27)19-8-10-22(11-9-19)30-17-18-6-4-3-5-7-18/h3-11,14-15H,12-13,16-17H2,1-2H3. The van der Waals surface area contributed by atoms with E-state index in [-0.39, 0.29) is 5.91 Å². The predicted molar refractivity (Wildman–Crippen MR) is 115 cm³/mol. The second-order valence-corrected chi connectivity index (χ2v) is 7.25. The zero-order valence-electron chi connectivity index (χ0n) is 17.3. The quantitative estimate of drug-likeness (QED) is 0.609. The Kier molecular flexibility index (Phi) is 5.89. The van der Waals surface area contributed by atoms with E-state index >= 15 is 0 Å². The van der Waals surface area contributed by atoms with Crippen molar-refractivity contribution in [2.75, 3.05) is 20.8 Å². The molecule has 0 radical (unpaired) electrons. The van der Waals surface area contributed by atoms with E-state index in [0.29, 0.717) is 31.0 Å². The highest BCUT2D eigenvalue weighted by Gasteiger charge is 2.23. The zero-order valence-corrected chi connectivity index (χ0v) is 17.3. The molecular weight excluding hydrogens is 378 g/mol. The van der Waals surface area contributed by atoms with Crippen molar-refractivity contribution in [3.05, 3.63) is 89.0 Å². The van der Waals surface area contributed by atoms with Gasteiger partial charge in [-0.15, -0.1) is 0 Å². The molecule has 5 heteroatoms. The fraction of sp³-hybridized carbons (Fsp3) is 0.240. The number of carbonyl (C=O) groups excluding carboxylic acids is 1. The Labute approximate surface area is 176 Å². The Hall–Kier alpha value is -3.47. The zero-order chi connectivity index (χ0) is 20.9. The van der Waals surface area contributed by atoms with Crippen molar-refractivity contribution in [3.8, 4) is 17.2 Å². The van der Waals surface area contributed by atoms with E-state index < -0.39 is 0 Å². The minimum atomic E-state index is 0.0186. The highest BCUT2D eigenvalue weighted by atomic mass is 16.5. The number of carbonyl (C=O) groups is 1. The number of amides is 1. The van der Waals surface area contributed by atoms with Gasteiger partial charge in [0.25, 0.3) is 5.91 Å². The third-order valence-electron chi connectivity index (χ3n) is 5.35. The van der Waals surface area contributed by atoms with Gasteiger partial charge in [-0.05, 0) is 59.5 Å². The first kappa shape index (κ1) is 19.8. The van der Waals surface area contributed by atoms with Gasteiger partial charge in [0.05, 0.1) is 14.2 Å². The summed E-state index contributed by atoms with van der Waals surface area (Å²) in [6.45, 7) is 1.73. The summed E-state index contributed by atoms with van der Waals surface area (Å²) in [5.41, 5.74) is 4.05. The smallest absolute Gasteiger partial charge is 0.254 e. The Morgan fingerprint density at radius 1 is 0.900 bits per heavy atom. The molecule has 0 bridgehead atoms. The molecule has 30 heavy (non-hydrogen) atoms. The van der Waals surface area contributed by atoms with Crippen molar-refractivity contribution in [3.63, 3.8) is 0 Å². The number of nitrogens with zero attached hydrogens (tertiary/aromatic N) is 1. The highest BCUT2D eigenvalue weighted by Crippen LogP contribution is 2.33. The molecule has 0 fully saturated rings. The Balaban J connectivity index is 1.42. The lowest BCUT2D eigenvalue weighted by Gasteiger charge is -2.29. The molecule has 1 amide bonds. The molecule has 0 unspecified atom stereocenters. The first-order chi connectivity index (χ1) is 14.7. The summed E-state index contributed by atoms with van der Waals surface area (Å²) in [6.07, 6.45) is 0.791. The van der Waals surface area contributed by atoms with Crippen molar-refractivity contribution in [1.29, 1.82) is 0 Å². The van der Waals surface area contributed by atoms with E-state index in [4.69, 9.17) is 14.2 Å². The van der Waals surface area contributed by atoms with Gasteiger partial charge in [0.15, 0.2) is 11.5 Å². The largest absolute Gasteiger partial charge is 0.493 e. The van der Waals surface area contributed by atoms with Gasteiger partial charge >= 0.3 is 0 Å². The monoisotopic (exact) mass is 403 g/mol. The van der Waals surface area contributed by atoms with Crippen LogP contribution in [0, 0.1) is 0 Å². The number of fused-ring (bicyclic) bond motifs is 1. The van der Waals surface area contributed by atoms with Gasteiger partial charge in [-0.25, -0.2) is 0 Å². The van der Waals surface area contributed by atoms with Crippen LogP contribution in [0.3, 0.4) is 0 Å². The van der Waals surface area contributed by atoms with E-state index in [9.17, 15) is 4.79 Å². The maximum Gasteiger partial charge on any atom is 0.254 e. The topological polar surface area (TPSA) is 48.0 Å². The Morgan fingerprint density at radius 3 is 2.23 bits per heavy atom. The fourth-order valence-electron chi connectivity index (χ4n) is 3.67. The van der Waals surface area contributed by atoms with Crippen molar-refractivity contribution in [2.45, 2.75) is 19.6 Å². The lowest BCUT2D eigenvalue weighted by atomic mass is 9.98. The van der Waals surface area contributed by atoms with Crippen LogP contribution in [0.1, 0.15) is 27.0 Å². The van der Waals surface area contributed by atoms with Crippen LogP contribution >= 0.6 is 0 Å². The van der Waals surface area contributed by atoms with Gasteiger partial charge in [0.2, 0.25) is 0 Å². The van der Waals surface area contributed by atoms with Gasteiger partial charge in [0.1, 0.15) is 12.4 Å². The third kappa shape index (κ3) is 4.25. The number of rotatable bonds is 6. The number of benzene rings is 3. The molecule has 1 heterocycles. The molecule has 0 saturated carbocycles. The van der Waals surface area contributed by atoms with Crippen LogP contribution in [0.15, 0.2) is 66.7 Å². The van der Waals surface area contributed by atoms with Crippen molar-refractivity contribution in [1.82, 2.24) is 4.90 Å². The Morgan fingerprint density at radius 2 is 1.57 bits per heavy atom. The summed E-state index contributed by atoms with van der Waals surface area (Å²) in [7, 11) is 3.26. The molecule has 0 saturated heterocycles. The van der Waals surface area contributed by atoms with Crippen LogP contribution in [0.25, 0.3) is 0 Å². The van der Waals surface area contributed by atoms with E-state index in [1.807, 2.05) is 71.6 Å². The summed E-state index contributed by atoms with van der Waals surface area (Å²) in [5, 5.41) is 0. The molecule has 5 nitrogen and oxygen atoms in total. The van der Waals surface area contributed by atoms with Crippen LogP contribution in [0.2, 0.25) is 0 Å². The molecule has 0 atom stereocenters. The lowest BCUT2D eigenvalue weighted by Crippen LogP contribution is -2.36. The second-order valence-electron chi connectivity index (χ2n) is 7.25. The van der Waals surface area contributed by atoms with E-state index in [1.54, 1.807) is 14.2 Å². The normalized spacial score (nSPS) is 12.8. The summed E-state index contributed by atoms with van der Waals surface area (Å²) < 4.78 is 16.6. The molecule has 1 aliphatic rings. The lowest BCUT2D eigenvalue weighted by molar-refractivity contribution is 0.0734. The van der Waals surface area contributed by atoms with Gasteiger partial charge in [-0.3, -0.25) is 4.79 Å². The van der Waals surface area contributed by atoms with Crippen LogP contribution in [0.4, 0.5) is 0 Å². The maximum atomic E-state index is 13.0. The summed E-state index contributed by atoms with van der Waals surface area (Å²) in [4.78, 5) is 14.9. The second kappa shape index (κ2) is 8.91. The van der Waals surface area contributed by atoms with Crippen molar-refractivity contribution < 1.29 is 19.0 Å². The van der Waals surface area contributed by atoms with E-state index in [0.717, 1.165) is 29.0 Å². The number of hydrogen-bond acceptors (Lipinski definition) is 4. The van der Waals surface area contributed by atoms with Crippen molar-refractivity contribution in [2.24, 2.45) is 0 Å². The van der Waals surface area contributed by atoms with Crippen LogP contribution in [-0.2, 0) is 19.6 Å². The summed E-state index contributed by atoms with van der Waals surface area (Å²) in [5.74, 6) is 2.17. The minimum Gasteiger partial charge on any atom is -0.493 e. The van der Waals surface area contributed by atoms with Gasteiger partial charge in [-0.2, -0.15) is 0 Å². The SMILES string of the molecule is COc1cc2c(cc1OC)CN(C(=O)c1ccc(OCc3ccccc3)cc1)CC2. The fourth-order valence-corrected chi connectivity index (χ4v) is 3.67. The highest BCUT2D eigenvalue weighted by molar-refractivity contribution is 5.94. The molecule has 0 spiro atoms. The van der Waals surface area contributed by atoms with Gasteiger partial charge in [0, 0.05) is 18.7 Å². The van der Waals surface area contributed by atoms with E-state index in [1.165, 1.54) is 5.56 Å². The molecule has 3 aromatic rings.